The molecule has 2 aromatic rings. The summed E-state index contributed by atoms with van der Waals surface area (Å²) in [6, 6.07) is 11.5. The summed E-state index contributed by atoms with van der Waals surface area (Å²) >= 11 is 13.0. The second-order valence-electron chi connectivity index (χ2n) is 3.98. The molecule has 0 heterocycles. The van der Waals surface area contributed by atoms with Crippen molar-refractivity contribution in [1.29, 1.82) is 5.26 Å². The largest absolute Gasteiger partial charge is 0.353 e. The highest BCUT2D eigenvalue weighted by atomic mass is 79.9. The van der Waals surface area contributed by atoms with Gasteiger partial charge in [0.25, 0.3) is 0 Å². The lowest BCUT2D eigenvalue weighted by Gasteiger charge is -2.12. The summed E-state index contributed by atoms with van der Waals surface area (Å²) < 4.78 is 1.66. The number of nitrogens with one attached hydrogen (secondary N) is 1. The first kappa shape index (κ1) is 14.4. The SMILES string of the molecule is Cc1cc(Br)c(Nc2cccc(Br)c2C#N)cc1Cl. The molecule has 5 heteroatoms. The molecular formula is C14H9Br2ClN2. The molecule has 96 valence electrons. The zero-order valence-corrected chi connectivity index (χ0v) is 13.9. The fraction of sp³-hybridized carbons (Fsp3) is 0.0714. The fourth-order valence-corrected chi connectivity index (χ4v) is 2.80. The van der Waals surface area contributed by atoms with Crippen molar-refractivity contribution in [3.8, 4) is 6.07 Å². The molecule has 0 saturated carbocycles. The van der Waals surface area contributed by atoms with Gasteiger partial charge < -0.3 is 5.32 Å². The van der Waals surface area contributed by atoms with Crippen LogP contribution in [0.15, 0.2) is 39.3 Å². The number of hydrogen-bond donors (Lipinski definition) is 1. The molecule has 0 amide bonds. The van der Waals surface area contributed by atoms with Crippen molar-refractivity contribution in [2.45, 2.75) is 6.92 Å². The molecular weight excluding hydrogens is 391 g/mol. The number of benzene rings is 2. The van der Waals surface area contributed by atoms with E-state index in [0.29, 0.717) is 10.6 Å². The Labute approximate surface area is 133 Å². The van der Waals surface area contributed by atoms with Crippen LogP contribution in [0.25, 0.3) is 0 Å². The Balaban J connectivity index is 2.45. The number of aryl methyl sites for hydroxylation is 1. The Morgan fingerprint density at radius 2 is 1.89 bits per heavy atom. The van der Waals surface area contributed by atoms with E-state index in [1.165, 1.54) is 0 Å². The molecule has 0 fully saturated rings. The lowest BCUT2D eigenvalue weighted by molar-refractivity contribution is 1.41. The molecule has 0 radical (unpaired) electrons. The minimum absolute atomic E-state index is 0.561. The maximum absolute atomic E-state index is 9.19. The Hall–Kier alpha value is -1.02. The molecule has 2 aromatic carbocycles. The zero-order chi connectivity index (χ0) is 14.0. The molecule has 0 unspecified atom stereocenters. The van der Waals surface area contributed by atoms with E-state index in [4.69, 9.17) is 11.6 Å². The molecule has 0 atom stereocenters. The van der Waals surface area contributed by atoms with Crippen molar-refractivity contribution in [2.75, 3.05) is 5.32 Å². The molecule has 1 N–H and O–H groups in total. The molecule has 0 spiro atoms. The van der Waals surface area contributed by atoms with E-state index in [9.17, 15) is 5.26 Å². The minimum atomic E-state index is 0.561. The molecule has 0 bridgehead atoms. The standard InChI is InChI=1S/C14H9Br2ClN2/c1-8-5-11(16)14(6-12(8)17)19-13-4-2-3-10(15)9(13)7-18/h2-6,19H,1H3. The highest BCUT2D eigenvalue weighted by Gasteiger charge is 2.09. The van der Waals surface area contributed by atoms with Gasteiger partial charge in [0.1, 0.15) is 6.07 Å². The summed E-state index contributed by atoms with van der Waals surface area (Å²) in [5.41, 5.74) is 3.11. The average Bonchev–Trinajstić information content (AvgIpc) is 2.36. The third-order valence-electron chi connectivity index (χ3n) is 2.64. The summed E-state index contributed by atoms with van der Waals surface area (Å²) in [6.07, 6.45) is 0. The van der Waals surface area contributed by atoms with Gasteiger partial charge in [0.2, 0.25) is 0 Å². The highest BCUT2D eigenvalue weighted by Crippen LogP contribution is 2.33. The summed E-state index contributed by atoms with van der Waals surface area (Å²) in [5, 5.41) is 13.1. The van der Waals surface area contributed by atoms with Gasteiger partial charge in [0.15, 0.2) is 0 Å². The second kappa shape index (κ2) is 5.96. The topological polar surface area (TPSA) is 35.8 Å². The maximum atomic E-state index is 9.19. The van der Waals surface area contributed by atoms with Crippen LogP contribution in [0.5, 0.6) is 0 Å². The van der Waals surface area contributed by atoms with Crippen LogP contribution < -0.4 is 5.32 Å². The Morgan fingerprint density at radius 1 is 1.16 bits per heavy atom. The lowest BCUT2D eigenvalue weighted by Crippen LogP contribution is -1.96. The van der Waals surface area contributed by atoms with E-state index < -0.39 is 0 Å². The van der Waals surface area contributed by atoms with Crippen LogP contribution in [0.2, 0.25) is 5.02 Å². The minimum Gasteiger partial charge on any atom is -0.353 e. The fourth-order valence-electron chi connectivity index (χ4n) is 1.63. The Morgan fingerprint density at radius 3 is 2.58 bits per heavy atom. The molecule has 0 aliphatic heterocycles. The van der Waals surface area contributed by atoms with E-state index in [2.05, 4.69) is 43.2 Å². The van der Waals surface area contributed by atoms with Gasteiger partial charge in [-0.3, -0.25) is 0 Å². The van der Waals surface area contributed by atoms with Gasteiger partial charge in [0.05, 0.1) is 16.9 Å². The Kier molecular flexibility index (Phi) is 4.51. The maximum Gasteiger partial charge on any atom is 0.103 e. The molecule has 2 nitrogen and oxygen atoms in total. The van der Waals surface area contributed by atoms with E-state index in [1.807, 2.05) is 37.3 Å². The summed E-state index contributed by atoms with van der Waals surface area (Å²) in [4.78, 5) is 0. The van der Waals surface area contributed by atoms with Crippen molar-refractivity contribution in [1.82, 2.24) is 0 Å². The zero-order valence-electron chi connectivity index (χ0n) is 9.97. The first-order chi connectivity index (χ1) is 9.02. The van der Waals surface area contributed by atoms with E-state index in [0.717, 1.165) is 25.9 Å². The van der Waals surface area contributed by atoms with Crippen molar-refractivity contribution in [3.63, 3.8) is 0 Å². The summed E-state index contributed by atoms with van der Waals surface area (Å²) in [7, 11) is 0. The van der Waals surface area contributed by atoms with E-state index in [-0.39, 0.29) is 0 Å². The number of nitriles is 1. The normalized spacial score (nSPS) is 10.1. The van der Waals surface area contributed by atoms with Crippen molar-refractivity contribution >= 4 is 54.8 Å². The number of nitrogens with zero attached hydrogens (tertiary/aromatic N) is 1. The van der Waals surface area contributed by atoms with E-state index >= 15 is 0 Å². The third-order valence-corrected chi connectivity index (χ3v) is 4.37. The van der Waals surface area contributed by atoms with Crippen LogP contribution in [-0.2, 0) is 0 Å². The molecule has 19 heavy (non-hydrogen) atoms. The number of rotatable bonds is 2. The summed E-state index contributed by atoms with van der Waals surface area (Å²) in [6.45, 7) is 1.94. The van der Waals surface area contributed by atoms with Gasteiger partial charge in [-0.05, 0) is 68.6 Å². The number of anilines is 2. The monoisotopic (exact) mass is 398 g/mol. The number of hydrogen-bond acceptors (Lipinski definition) is 2. The molecule has 0 saturated heterocycles. The Bertz CT molecular complexity index is 678. The van der Waals surface area contributed by atoms with Crippen molar-refractivity contribution < 1.29 is 0 Å². The lowest BCUT2D eigenvalue weighted by atomic mass is 10.1. The smallest absolute Gasteiger partial charge is 0.103 e. The van der Waals surface area contributed by atoms with Crippen LogP contribution in [0.4, 0.5) is 11.4 Å². The number of halogens is 3. The van der Waals surface area contributed by atoms with Crippen LogP contribution in [-0.4, -0.2) is 0 Å². The van der Waals surface area contributed by atoms with Gasteiger partial charge in [-0.2, -0.15) is 5.26 Å². The van der Waals surface area contributed by atoms with Crippen LogP contribution in [0.3, 0.4) is 0 Å². The van der Waals surface area contributed by atoms with Crippen LogP contribution in [0, 0.1) is 18.3 Å². The van der Waals surface area contributed by atoms with Crippen molar-refractivity contribution in [2.24, 2.45) is 0 Å². The first-order valence-electron chi connectivity index (χ1n) is 5.44. The first-order valence-corrected chi connectivity index (χ1v) is 7.40. The van der Waals surface area contributed by atoms with E-state index in [1.54, 1.807) is 0 Å². The van der Waals surface area contributed by atoms with Gasteiger partial charge in [-0.15, -0.1) is 0 Å². The molecule has 2 rings (SSSR count). The molecule has 0 aliphatic rings. The van der Waals surface area contributed by atoms with Gasteiger partial charge in [-0.1, -0.05) is 17.7 Å². The van der Waals surface area contributed by atoms with Crippen molar-refractivity contribution in [3.05, 3.63) is 55.4 Å². The van der Waals surface area contributed by atoms with Crippen LogP contribution >= 0.6 is 43.5 Å². The van der Waals surface area contributed by atoms with Gasteiger partial charge in [0, 0.05) is 14.0 Å². The quantitative estimate of drug-likeness (QED) is 0.693. The third kappa shape index (κ3) is 3.11. The summed E-state index contributed by atoms with van der Waals surface area (Å²) in [5.74, 6) is 0. The highest BCUT2D eigenvalue weighted by molar-refractivity contribution is 9.11. The van der Waals surface area contributed by atoms with Gasteiger partial charge >= 0.3 is 0 Å². The van der Waals surface area contributed by atoms with Crippen LogP contribution in [0.1, 0.15) is 11.1 Å². The molecule has 0 aliphatic carbocycles. The predicted molar refractivity (Wildman–Crippen MR) is 86.0 cm³/mol. The molecule has 0 aromatic heterocycles. The second-order valence-corrected chi connectivity index (χ2v) is 6.10. The predicted octanol–water partition coefficient (Wildman–Crippen LogP) is 5.79. The van der Waals surface area contributed by atoms with Gasteiger partial charge in [-0.25, -0.2) is 0 Å². The average molecular weight is 401 g/mol.